The topological polar surface area (TPSA) is 114 Å². The molecule has 1 fully saturated rings. The zero-order valence-electron chi connectivity index (χ0n) is 20.0. The van der Waals surface area contributed by atoms with Crippen LogP contribution < -0.4 is 25.0 Å². The van der Waals surface area contributed by atoms with Gasteiger partial charge in [0.05, 0.1) is 15.9 Å². The number of anilines is 2. The van der Waals surface area contributed by atoms with Gasteiger partial charge >= 0.3 is 6.03 Å². The Bertz CT molecular complexity index is 1440. The van der Waals surface area contributed by atoms with E-state index >= 15 is 0 Å². The van der Waals surface area contributed by atoms with E-state index in [1.807, 2.05) is 28.7 Å². The molecule has 5 amide bonds. The SMILES string of the molecule is CCOc1cc(/C=C2\C(=O)NC(=O)N(c3cccc(Cl)c3)C2=O)cc(I)c1OCC(=O)Nc1ccccc1. The minimum Gasteiger partial charge on any atom is -0.490 e. The Balaban J connectivity index is 1.59. The second kappa shape index (κ2) is 12.1. The van der Waals surface area contributed by atoms with E-state index in [4.69, 9.17) is 21.1 Å². The lowest BCUT2D eigenvalue weighted by Crippen LogP contribution is -2.54. The van der Waals surface area contributed by atoms with Crippen molar-refractivity contribution in [1.82, 2.24) is 5.32 Å². The van der Waals surface area contributed by atoms with Crippen molar-refractivity contribution in [2.24, 2.45) is 0 Å². The zero-order valence-corrected chi connectivity index (χ0v) is 22.9. The highest BCUT2D eigenvalue weighted by Crippen LogP contribution is 2.35. The van der Waals surface area contributed by atoms with Gasteiger partial charge in [-0.25, -0.2) is 9.69 Å². The summed E-state index contributed by atoms with van der Waals surface area (Å²) >= 11 is 8.03. The fourth-order valence-corrected chi connectivity index (χ4v) is 4.57. The molecular formula is C27H21ClIN3O6. The maximum absolute atomic E-state index is 13.2. The number of para-hydroxylation sites is 1. The van der Waals surface area contributed by atoms with Crippen LogP contribution in [0.4, 0.5) is 16.2 Å². The number of hydrogen-bond donors (Lipinski definition) is 2. The average Bonchev–Trinajstić information content (AvgIpc) is 2.87. The van der Waals surface area contributed by atoms with Crippen molar-refractivity contribution < 1.29 is 28.7 Å². The van der Waals surface area contributed by atoms with Gasteiger partial charge in [-0.05, 0) is 83.6 Å². The van der Waals surface area contributed by atoms with Crippen LogP contribution in [0.3, 0.4) is 0 Å². The normalized spacial score (nSPS) is 14.3. The zero-order chi connectivity index (χ0) is 27.2. The number of nitrogens with one attached hydrogen (secondary N) is 2. The number of halogens is 2. The molecule has 0 unspecified atom stereocenters. The molecule has 9 nitrogen and oxygen atoms in total. The molecule has 1 aliphatic rings. The van der Waals surface area contributed by atoms with Gasteiger partial charge in [0.25, 0.3) is 17.7 Å². The number of ether oxygens (including phenoxy) is 2. The van der Waals surface area contributed by atoms with Crippen LogP contribution in [0.15, 0.2) is 72.3 Å². The highest BCUT2D eigenvalue weighted by Gasteiger charge is 2.37. The number of barbiturate groups is 1. The molecule has 11 heteroatoms. The number of rotatable bonds is 8. The molecule has 38 heavy (non-hydrogen) atoms. The number of carbonyl (C=O) groups is 4. The third-order valence-electron chi connectivity index (χ3n) is 5.22. The Kier molecular flexibility index (Phi) is 8.64. The summed E-state index contributed by atoms with van der Waals surface area (Å²) in [5.74, 6) is -1.31. The van der Waals surface area contributed by atoms with Crippen molar-refractivity contribution in [3.05, 3.63) is 86.5 Å². The van der Waals surface area contributed by atoms with E-state index < -0.39 is 17.8 Å². The number of urea groups is 1. The minimum atomic E-state index is -0.874. The Labute approximate surface area is 236 Å². The van der Waals surface area contributed by atoms with Gasteiger partial charge in [0.1, 0.15) is 5.57 Å². The number of nitrogens with zero attached hydrogens (tertiary/aromatic N) is 1. The predicted molar refractivity (Wildman–Crippen MR) is 151 cm³/mol. The summed E-state index contributed by atoms with van der Waals surface area (Å²) in [6.45, 7) is 1.83. The quantitative estimate of drug-likeness (QED) is 0.202. The predicted octanol–water partition coefficient (Wildman–Crippen LogP) is 5.03. The molecule has 0 aliphatic carbocycles. The molecule has 1 heterocycles. The lowest BCUT2D eigenvalue weighted by Gasteiger charge is -2.26. The lowest BCUT2D eigenvalue weighted by atomic mass is 10.1. The van der Waals surface area contributed by atoms with Crippen LogP contribution in [-0.4, -0.2) is 37.0 Å². The van der Waals surface area contributed by atoms with Crippen molar-refractivity contribution >= 4 is 75.4 Å². The highest BCUT2D eigenvalue weighted by atomic mass is 127. The first-order valence-electron chi connectivity index (χ1n) is 11.4. The van der Waals surface area contributed by atoms with Crippen LogP contribution in [0.2, 0.25) is 5.02 Å². The molecule has 4 rings (SSSR count). The lowest BCUT2D eigenvalue weighted by molar-refractivity contribution is -0.122. The van der Waals surface area contributed by atoms with E-state index in [2.05, 4.69) is 10.6 Å². The number of amides is 5. The molecule has 0 atom stereocenters. The minimum absolute atomic E-state index is 0.223. The van der Waals surface area contributed by atoms with Gasteiger partial charge in [0.15, 0.2) is 18.1 Å². The van der Waals surface area contributed by atoms with Crippen molar-refractivity contribution in [3.63, 3.8) is 0 Å². The first kappa shape index (κ1) is 27.1. The number of benzene rings is 3. The summed E-state index contributed by atoms with van der Waals surface area (Å²) in [4.78, 5) is 51.4. The summed E-state index contributed by atoms with van der Waals surface area (Å²) in [7, 11) is 0. The largest absolute Gasteiger partial charge is 0.490 e. The summed E-state index contributed by atoms with van der Waals surface area (Å²) in [5.41, 5.74) is 1.07. The van der Waals surface area contributed by atoms with Crippen LogP contribution in [0.5, 0.6) is 11.5 Å². The molecule has 0 radical (unpaired) electrons. The first-order valence-corrected chi connectivity index (χ1v) is 12.8. The number of hydrogen-bond acceptors (Lipinski definition) is 6. The van der Waals surface area contributed by atoms with Gasteiger partial charge < -0.3 is 14.8 Å². The van der Waals surface area contributed by atoms with Gasteiger partial charge in [-0.2, -0.15) is 0 Å². The van der Waals surface area contributed by atoms with Crippen molar-refractivity contribution in [3.8, 4) is 11.5 Å². The molecule has 2 N–H and O–H groups in total. The standard InChI is InChI=1S/C27H21ClIN3O6/c1-2-37-22-13-16(12-21(29)24(22)38-15-23(33)30-18-8-4-3-5-9-18)11-20-25(34)31-27(36)32(26(20)35)19-10-6-7-17(28)14-19/h3-14H,2,15H2,1H3,(H,30,33)(H,31,34,36)/b20-11+. The maximum atomic E-state index is 13.2. The van der Waals surface area contributed by atoms with E-state index in [-0.39, 0.29) is 23.8 Å². The molecule has 3 aromatic rings. The second-order valence-electron chi connectivity index (χ2n) is 7.90. The summed E-state index contributed by atoms with van der Waals surface area (Å²) < 4.78 is 12.1. The Hall–Kier alpha value is -3.90. The second-order valence-corrected chi connectivity index (χ2v) is 9.50. The highest BCUT2D eigenvalue weighted by molar-refractivity contribution is 14.1. The number of imide groups is 2. The third kappa shape index (κ3) is 6.32. The molecule has 194 valence electrons. The smallest absolute Gasteiger partial charge is 0.335 e. The molecule has 0 saturated carbocycles. The molecule has 3 aromatic carbocycles. The van der Waals surface area contributed by atoms with Gasteiger partial charge in [-0.3, -0.25) is 19.7 Å². The molecule has 1 aliphatic heterocycles. The summed E-state index contributed by atoms with van der Waals surface area (Å²) in [5, 5.41) is 5.25. The molecule has 0 bridgehead atoms. The van der Waals surface area contributed by atoms with Crippen LogP contribution >= 0.6 is 34.2 Å². The van der Waals surface area contributed by atoms with Crippen LogP contribution in [-0.2, 0) is 14.4 Å². The third-order valence-corrected chi connectivity index (χ3v) is 6.25. The molecule has 0 spiro atoms. The van der Waals surface area contributed by atoms with Crippen molar-refractivity contribution in [1.29, 1.82) is 0 Å². The average molecular weight is 646 g/mol. The first-order chi connectivity index (χ1) is 18.3. The monoisotopic (exact) mass is 645 g/mol. The van der Waals surface area contributed by atoms with Gasteiger partial charge in [-0.1, -0.05) is 35.9 Å². The van der Waals surface area contributed by atoms with E-state index in [1.54, 1.807) is 55.5 Å². The fourth-order valence-electron chi connectivity index (χ4n) is 3.60. The van der Waals surface area contributed by atoms with Crippen LogP contribution in [0.1, 0.15) is 12.5 Å². The summed E-state index contributed by atoms with van der Waals surface area (Å²) in [6.07, 6.45) is 1.36. The Morgan fingerprint density at radius 1 is 1.05 bits per heavy atom. The van der Waals surface area contributed by atoms with Crippen LogP contribution in [0.25, 0.3) is 6.08 Å². The Morgan fingerprint density at radius 2 is 1.82 bits per heavy atom. The van der Waals surface area contributed by atoms with Gasteiger partial charge in [0, 0.05) is 10.7 Å². The van der Waals surface area contributed by atoms with Gasteiger partial charge in [-0.15, -0.1) is 0 Å². The van der Waals surface area contributed by atoms with Crippen molar-refractivity contribution in [2.45, 2.75) is 6.92 Å². The van der Waals surface area contributed by atoms with Gasteiger partial charge in [0.2, 0.25) is 0 Å². The fraction of sp³-hybridized carbons (Fsp3) is 0.111. The van der Waals surface area contributed by atoms with E-state index in [1.165, 1.54) is 18.2 Å². The molecular weight excluding hydrogens is 625 g/mol. The maximum Gasteiger partial charge on any atom is 0.335 e. The van der Waals surface area contributed by atoms with Crippen molar-refractivity contribution in [2.75, 3.05) is 23.4 Å². The number of carbonyl (C=O) groups excluding carboxylic acids is 4. The van der Waals surface area contributed by atoms with E-state index in [0.29, 0.717) is 37.9 Å². The van der Waals surface area contributed by atoms with Crippen LogP contribution in [0, 0.1) is 3.57 Å². The Morgan fingerprint density at radius 3 is 2.53 bits per heavy atom. The van der Waals surface area contributed by atoms with E-state index in [0.717, 1.165) is 4.90 Å². The molecule has 0 aromatic heterocycles. The summed E-state index contributed by atoms with van der Waals surface area (Å²) in [6, 6.07) is 17.5. The van der Waals surface area contributed by atoms with E-state index in [9.17, 15) is 19.2 Å². The molecule has 1 saturated heterocycles.